The second-order valence-corrected chi connectivity index (χ2v) is 19.2. The van der Waals surface area contributed by atoms with Crippen molar-refractivity contribution in [2.45, 2.75) is 284 Å². The third-order valence-corrected chi connectivity index (χ3v) is 12.4. The Bertz CT molecular complexity index is 1330. The third kappa shape index (κ3) is 55.4. The highest BCUT2D eigenvalue weighted by Crippen LogP contribution is 2.15. The predicted octanol–water partition coefficient (Wildman–Crippen LogP) is 19.5. The van der Waals surface area contributed by atoms with Crippen LogP contribution >= 0.6 is 0 Å². The number of allylic oxidation sites excluding steroid dienone is 14. The van der Waals surface area contributed by atoms with E-state index in [1.165, 1.54) is 135 Å². The first-order valence-corrected chi connectivity index (χ1v) is 29.1. The second-order valence-electron chi connectivity index (χ2n) is 19.2. The van der Waals surface area contributed by atoms with Crippen LogP contribution in [-0.2, 0) is 28.6 Å². The van der Waals surface area contributed by atoms with E-state index in [1.807, 2.05) is 0 Å². The van der Waals surface area contributed by atoms with Crippen LogP contribution in [0.1, 0.15) is 278 Å². The molecule has 0 fully saturated rings. The van der Waals surface area contributed by atoms with Gasteiger partial charge in [-0.25, -0.2) is 0 Å². The molecule has 0 N–H and O–H groups in total. The number of carbonyl (C=O) groups is 3. The molecular weight excluding hydrogens is 853 g/mol. The number of hydrogen-bond donors (Lipinski definition) is 0. The molecule has 396 valence electrons. The Balaban J connectivity index is 4.43. The summed E-state index contributed by atoms with van der Waals surface area (Å²) < 4.78 is 16.9. The van der Waals surface area contributed by atoms with Gasteiger partial charge in [-0.2, -0.15) is 0 Å². The molecule has 0 radical (unpaired) electrons. The van der Waals surface area contributed by atoms with Crippen LogP contribution in [0.3, 0.4) is 0 Å². The summed E-state index contributed by atoms with van der Waals surface area (Å²) in [4.78, 5) is 38.2. The quantitative estimate of drug-likeness (QED) is 0.0262. The van der Waals surface area contributed by atoms with Crippen molar-refractivity contribution >= 4 is 17.9 Å². The van der Waals surface area contributed by atoms with Crippen molar-refractivity contribution < 1.29 is 28.6 Å². The van der Waals surface area contributed by atoms with Crippen molar-refractivity contribution in [3.05, 3.63) is 85.1 Å². The summed E-state index contributed by atoms with van der Waals surface area (Å²) in [6.07, 6.45) is 74.2. The molecule has 6 heteroatoms. The average molecular weight is 962 g/mol. The second kappa shape index (κ2) is 57.2. The van der Waals surface area contributed by atoms with E-state index in [-0.39, 0.29) is 37.5 Å². The fourth-order valence-corrected chi connectivity index (χ4v) is 8.03. The molecule has 0 amide bonds. The molecule has 0 bridgehead atoms. The highest BCUT2D eigenvalue weighted by molar-refractivity contribution is 5.71. The maximum atomic E-state index is 12.9. The van der Waals surface area contributed by atoms with Crippen molar-refractivity contribution in [2.75, 3.05) is 13.2 Å². The standard InChI is InChI=1S/C63H108O6/c1-4-7-10-13-16-19-22-25-27-29-31-33-35-38-41-44-47-50-53-56-62(65)68-59-60(58-67-61(64)55-52-49-46-43-40-37-24-21-18-15-12-9-6-3)69-63(66)57-54-51-48-45-42-39-36-34-32-30-28-26-23-20-17-14-11-8-5-2/h8,11,16-17,19-20,25-28,32,34,39,42,60H,4-7,9-10,12-15,18,21-24,29-31,33,35-38,40-41,43-59H2,1-3H3/b11-8-,19-16-,20-17-,27-25-,28-26-,34-32-,42-39-/t60-/m0/s1. The van der Waals surface area contributed by atoms with Gasteiger partial charge in [-0.15, -0.1) is 0 Å². The van der Waals surface area contributed by atoms with E-state index >= 15 is 0 Å². The highest BCUT2D eigenvalue weighted by Gasteiger charge is 2.19. The predicted molar refractivity (Wildman–Crippen MR) is 297 cm³/mol. The van der Waals surface area contributed by atoms with Crippen molar-refractivity contribution in [3.63, 3.8) is 0 Å². The summed E-state index contributed by atoms with van der Waals surface area (Å²) in [5.74, 6) is -0.919. The maximum absolute atomic E-state index is 12.9. The van der Waals surface area contributed by atoms with Crippen LogP contribution in [0.4, 0.5) is 0 Å². The van der Waals surface area contributed by atoms with E-state index in [9.17, 15) is 14.4 Å². The van der Waals surface area contributed by atoms with Gasteiger partial charge in [-0.1, -0.05) is 247 Å². The summed E-state index contributed by atoms with van der Waals surface area (Å²) in [7, 11) is 0. The van der Waals surface area contributed by atoms with Crippen LogP contribution < -0.4 is 0 Å². The molecular formula is C63H108O6. The molecule has 0 unspecified atom stereocenters. The van der Waals surface area contributed by atoms with Gasteiger partial charge in [0.2, 0.25) is 0 Å². The van der Waals surface area contributed by atoms with Gasteiger partial charge < -0.3 is 14.2 Å². The topological polar surface area (TPSA) is 78.9 Å². The van der Waals surface area contributed by atoms with E-state index in [4.69, 9.17) is 14.2 Å². The lowest BCUT2D eigenvalue weighted by Crippen LogP contribution is -2.30. The van der Waals surface area contributed by atoms with Crippen molar-refractivity contribution in [1.82, 2.24) is 0 Å². The fraction of sp³-hybridized carbons (Fsp3) is 0.730. The molecule has 0 aromatic heterocycles. The van der Waals surface area contributed by atoms with Crippen molar-refractivity contribution in [2.24, 2.45) is 0 Å². The lowest BCUT2D eigenvalue weighted by atomic mass is 10.0. The molecule has 0 aliphatic carbocycles. The van der Waals surface area contributed by atoms with Crippen molar-refractivity contribution in [1.29, 1.82) is 0 Å². The third-order valence-electron chi connectivity index (χ3n) is 12.4. The van der Waals surface area contributed by atoms with E-state index in [0.717, 1.165) is 103 Å². The van der Waals surface area contributed by atoms with Gasteiger partial charge >= 0.3 is 17.9 Å². The Morgan fingerprint density at radius 1 is 0.304 bits per heavy atom. The number of hydrogen-bond acceptors (Lipinski definition) is 6. The summed E-state index contributed by atoms with van der Waals surface area (Å²) in [5, 5.41) is 0. The fourth-order valence-electron chi connectivity index (χ4n) is 8.03. The van der Waals surface area contributed by atoms with Crippen LogP contribution in [0, 0.1) is 0 Å². The van der Waals surface area contributed by atoms with Crippen molar-refractivity contribution in [3.8, 4) is 0 Å². The Labute approximate surface area is 426 Å². The summed E-state index contributed by atoms with van der Waals surface area (Å²) >= 11 is 0. The Morgan fingerprint density at radius 2 is 0.565 bits per heavy atom. The van der Waals surface area contributed by atoms with Gasteiger partial charge in [0.15, 0.2) is 6.10 Å². The number of esters is 3. The number of ether oxygens (including phenoxy) is 3. The first-order chi connectivity index (χ1) is 34.0. The number of rotatable bonds is 52. The van der Waals surface area contributed by atoms with Gasteiger partial charge in [0, 0.05) is 19.3 Å². The van der Waals surface area contributed by atoms with Crippen LogP contribution in [0.5, 0.6) is 0 Å². The molecule has 1 atom stereocenters. The molecule has 69 heavy (non-hydrogen) atoms. The maximum Gasteiger partial charge on any atom is 0.306 e. The van der Waals surface area contributed by atoms with Gasteiger partial charge in [0.05, 0.1) is 0 Å². The zero-order valence-corrected chi connectivity index (χ0v) is 45.3. The minimum atomic E-state index is -0.795. The molecule has 0 spiro atoms. The summed E-state index contributed by atoms with van der Waals surface area (Å²) in [6.45, 7) is 6.49. The van der Waals surface area contributed by atoms with E-state index in [0.29, 0.717) is 12.8 Å². The largest absolute Gasteiger partial charge is 0.462 e. The SMILES string of the molecule is CC/C=C\C/C=C\C/C=C\C/C=C\C/C=C\CCCCCC(=O)O[C@H](COC(=O)CCCCCCCCCCC/C=C\C/C=C\CCCCC)COC(=O)CCCCCCCCCCCCCCC. The Kier molecular flexibility index (Phi) is 54.3. The van der Waals surface area contributed by atoms with E-state index in [2.05, 4.69) is 106 Å². The van der Waals surface area contributed by atoms with E-state index < -0.39 is 6.10 Å². The molecule has 0 aliphatic heterocycles. The zero-order valence-electron chi connectivity index (χ0n) is 45.3. The monoisotopic (exact) mass is 961 g/mol. The smallest absolute Gasteiger partial charge is 0.306 e. The van der Waals surface area contributed by atoms with Gasteiger partial charge in [-0.3, -0.25) is 14.4 Å². The first-order valence-electron chi connectivity index (χ1n) is 29.1. The molecule has 6 nitrogen and oxygen atoms in total. The molecule has 0 saturated carbocycles. The minimum absolute atomic E-state index is 0.0894. The summed E-state index contributed by atoms with van der Waals surface area (Å²) in [5.41, 5.74) is 0. The normalized spacial score (nSPS) is 12.7. The lowest BCUT2D eigenvalue weighted by molar-refractivity contribution is -0.167. The zero-order chi connectivity index (χ0) is 50.0. The van der Waals surface area contributed by atoms with Crippen LogP contribution in [-0.4, -0.2) is 37.2 Å². The highest BCUT2D eigenvalue weighted by atomic mass is 16.6. The molecule has 0 aromatic rings. The number of carbonyl (C=O) groups excluding carboxylic acids is 3. The van der Waals surface area contributed by atoms with Crippen LogP contribution in [0.25, 0.3) is 0 Å². The Hall–Kier alpha value is -3.41. The molecule has 0 heterocycles. The molecule has 0 saturated heterocycles. The van der Waals surface area contributed by atoms with Gasteiger partial charge in [0.25, 0.3) is 0 Å². The average Bonchev–Trinajstić information content (AvgIpc) is 3.35. The van der Waals surface area contributed by atoms with Gasteiger partial charge in [0.1, 0.15) is 13.2 Å². The molecule has 0 aromatic carbocycles. The van der Waals surface area contributed by atoms with Crippen LogP contribution in [0.15, 0.2) is 85.1 Å². The Morgan fingerprint density at radius 3 is 0.928 bits per heavy atom. The number of unbranched alkanes of at least 4 members (excludes halogenated alkanes) is 27. The van der Waals surface area contributed by atoms with Crippen LogP contribution in [0.2, 0.25) is 0 Å². The lowest BCUT2D eigenvalue weighted by Gasteiger charge is -2.18. The molecule has 0 rings (SSSR count). The van der Waals surface area contributed by atoms with E-state index in [1.54, 1.807) is 0 Å². The summed E-state index contributed by atoms with van der Waals surface area (Å²) in [6, 6.07) is 0. The molecule has 0 aliphatic rings. The minimum Gasteiger partial charge on any atom is -0.462 e. The first kappa shape index (κ1) is 65.6. The van der Waals surface area contributed by atoms with Gasteiger partial charge in [-0.05, 0) is 96.3 Å².